The Morgan fingerprint density at radius 1 is 1.58 bits per heavy atom. The van der Waals surface area contributed by atoms with Gasteiger partial charge in [0.25, 0.3) is 5.69 Å². The van der Waals surface area contributed by atoms with Crippen molar-refractivity contribution in [3.05, 3.63) is 47.0 Å². The molecule has 1 unspecified atom stereocenters. The molecule has 0 saturated heterocycles. The van der Waals surface area contributed by atoms with Gasteiger partial charge in [-0.2, -0.15) is 10.4 Å². The van der Waals surface area contributed by atoms with Gasteiger partial charge in [-0.15, -0.1) is 0 Å². The fourth-order valence-corrected chi connectivity index (χ4v) is 1.72. The molecule has 2 aromatic rings. The minimum Gasteiger partial charge on any atom is -0.393 e. The first kappa shape index (κ1) is 12.5. The molecule has 94 valence electrons. The van der Waals surface area contributed by atoms with Crippen molar-refractivity contribution in [2.45, 2.75) is 13.0 Å². The summed E-state index contributed by atoms with van der Waals surface area (Å²) in [5.41, 5.74) is 6.31. The number of halogens is 1. The summed E-state index contributed by atoms with van der Waals surface area (Å²) in [7, 11) is 0. The molecule has 0 spiro atoms. The predicted octanol–water partition coefficient (Wildman–Crippen LogP) is 2.03. The minimum atomic E-state index is -0.471. The molecular formula is C12H9FN6. The first-order valence-electron chi connectivity index (χ1n) is 5.34. The molecule has 2 rings (SSSR count). The number of aromatic nitrogens is 3. The monoisotopic (exact) mass is 256 g/mol. The highest BCUT2D eigenvalue weighted by Crippen LogP contribution is 2.30. The maximum atomic E-state index is 13.1. The lowest BCUT2D eigenvalue weighted by Crippen LogP contribution is -2.12. The smallest absolute Gasteiger partial charge is 0.264 e. The Kier molecular flexibility index (Phi) is 3.13. The SMILES string of the molecule is [C-]#[N+]c1c(C#N)nn(C(C)c2cncc(F)c2)c1N. The summed E-state index contributed by atoms with van der Waals surface area (Å²) >= 11 is 0. The summed E-state index contributed by atoms with van der Waals surface area (Å²) in [6, 6.07) is 2.69. The Hall–Kier alpha value is -2.93. The molecule has 6 nitrogen and oxygen atoms in total. The number of nitrogen functional groups attached to an aromatic ring is 1. The van der Waals surface area contributed by atoms with Gasteiger partial charge in [0.15, 0.2) is 5.69 Å². The van der Waals surface area contributed by atoms with Crippen LogP contribution in [0, 0.1) is 23.7 Å². The van der Waals surface area contributed by atoms with E-state index in [0.717, 1.165) is 6.20 Å². The van der Waals surface area contributed by atoms with Gasteiger partial charge < -0.3 is 5.73 Å². The van der Waals surface area contributed by atoms with Crippen molar-refractivity contribution in [3.63, 3.8) is 0 Å². The third-order valence-electron chi connectivity index (χ3n) is 2.71. The Balaban J connectivity index is 2.52. The molecule has 2 heterocycles. The lowest BCUT2D eigenvalue weighted by atomic mass is 10.1. The number of hydrogen-bond donors (Lipinski definition) is 1. The molecule has 0 aliphatic rings. The number of nitrogens with two attached hydrogens (primary N) is 1. The van der Waals surface area contributed by atoms with E-state index in [4.69, 9.17) is 17.6 Å². The zero-order chi connectivity index (χ0) is 14.0. The second-order valence-corrected chi connectivity index (χ2v) is 3.86. The van der Waals surface area contributed by atoms with Crippen LogP contribution in [0.25, 0.3) is 4.85 Å². The van der Waals surface area contributed by atoms with Crippen LogP contribution in [-0.2, 0) is 0 Å². The van der Waals surface area contributed by atoms with Crippen molar-refractivity contribution in [2.75, 3.05) is 5.73 Å². The topological polar surface area (TPSA) is 84.9 Å². The van der Waals surface area contributed by atoms with Gasteiger partial charge in [-0.05, 0) is 18.6 Å². The zero-order valence-corrected chi connectivity index (χ0v) is 10.0. The third-order valence-corrected chi connectivity index (χ3v) is 2.71. The molecular weight excluding hydrogens is 247 g/mol. The Labute approximate surface area is 108 Å². The summed E-state index contributed by atoms with van der Waals surface area (Å²) in [5.74, 6) is -0.385. The molecule has 0 aliphatic heterocycles. The van der Waals surface area contributed by atoms with E-state index in [1.807, 2.05) is 6.07 Å². The largest absolute Gasteiger partial charge is 0.393 e. The minimum absolute atomic E-state index is 0.0127. The number of pyridine rings is 1. The van der Waals surface area contributed by atoms with Gasteiger partial charge >= 0.3 is 0 Å². The van der Waals surface area contributed by atoms with Gasteiger partial charge in [-0.3, -0.25) is 9.67 Å². The van der Waals surface area contributed by atoms with Crippen molar-refractivity contribution in [1.29, 1.82) is 5.26 Å². The number of nitrogens with zero attached hydrogens (tertiary/aromatic N) is 5. The molecule has 0 aromatic carbocycles. The van der Waals surface area contributed by atoms with Gasteiger partial charge in [-0.1, -0.05) is 0 Å². The lowest BCUT2D eigenvalue weighted by molar-refractivity contribution is 0.558. The van der Waals surface area contributed by atoms with Crippen LogP contribution >= 0.6 is 0 Å². The summed E-state index contributed by atoms with van der Waals surface area (Å²) in [6.07, 6.45) is 2.58. The maximum Gasteiger partial charge on any atom is 0.264 e. The van der Waals surface area contributed by atoms with Crippen LogP contribution in [0.5, 0.6) is 0 Å². The van der Waals surface area contributed by atoms with Crippen LogP contribution in [0.3, 0.4) is 0 Å². The van der Waals surface area contributed by atoms with Crippen LogP contribution in [0.15, 0.2) is 18.5 Å². The van der Waals surface area contributed by atoms with E-state index in [0.29, 0.717) is 5.56 Å². The molecule has 0 saturated carbocycles. The molecule has 2 aromatic heterocycles. The molecule has 0 aliphatic carbocycles. The van der Waals surface area contributed by atoms with Crippen LogP contribution in [0.1, 0.15) is 24.2 Å². The van der Waals surface area contributed by atoms with Crippen molar-refractivity contribution in [1.82, 2.24) is 14.8 Å². The zero-order valence-electron chi connectivity index (χ0n) is 10.0. The molecule has 0 amide bonds. The van der Waals surface area contributed by atoms with E-state index >= 15 is 0 Å². The van der Waals surface area contributed by atoms with Crippen molar-refractivity contribution >= 4 is 11.5 Å². The molecule has 7 heteroatoms. The number of hydrogen-bond acceptors (Lipinski definition) is 4. The normalized spacial score (nSPS) is 11.6. The van der Waals surface area contributed by atoms with E-state index in [2.05, 4.69) is 14.9 Å². The van der Waals surface area contributed by atoms with Crippen molar-refractivity contribution < 1.29 is 4.39 Å². The average molecular weight is 256 g/mol. The first-order chi connectivity index (χ1) is 9.08. The van der Waals surface area contributed by atoms with Gasteiger partial charge in [0.2, 0.25) is 0 Å². The van der Waals surface area contributed by atoms with Crippen LogP contribution < -0.4 is 5.73 Å². The number of nitriles is 1. The summed E-state index contributed by atoms with van der Waals surface area (Å²) < 4.78 is 14.5. The standard InChI is InChI=1S/C12H9FN6/c1-7(8-3-9(13)6-17-5-8)19-12(15)11(16-2)10(4-14)18-19/h3,5-7H,15H2,1H3. The van der Waals surface area contributed by atoms with Crippen LogP contribution in [0.2, 0.25) is 0 Å². The van der Waals surface area contributed by atoms with Gasteiger partial charge in [0.05, 0.1) is 18.8 Å². The predicted molar refractivity (Wildman–Crippen MR) is 65.6 cm³/mol. The molecule has 0 bridgehead atoms. The highest BCUT2D eigenvalue weighted by atomic mass is 19.1. The van der Waals surface area contributed by atoms with Gasteiger partial charge in [0.1, 0.15) is 17.7 Å². The fraction of sp³-hybridized carbons (Fsp3) is 0.167. The van der Waals surface area contributed by atoms with E-state index < -0.39 is 11.9 Å². The lowest BCUT2D eigenvalue weighted by Gasteiger charge is -2.14. The van der Waals surface area contributed by atoms with E-state index in [1.54, 1.807) is 6.92 Å². The summed E-state index contributed by atoms with van der Waals surface area (Å²) in [5, 5.41) is 12.9. The molecule has 1 atom stereocenters. The Bertz CT molecular complexity index is 706. The van der Waals surface area contributed by atoms with Crippen LogP contribution in [-0.4, -0.2) is 14.8 Å². The summed E-state index contributed by atoms with van der Waals surface area (Å²) in [4.78, 5) is 6.93. The Morgan fingerprint density at radius 2 is 2.32 bits per heavy atom. The Morgan fingerprint density at radius 3 is 2.84 bits per heavy atom. The van der Waals surface area contributed by atoms with E-state index in [-0.39, 0.29) is 17.2 Å². The number of rotatable bonds is 2. The highest BCUT2D eigenvalue weighted by molar-refractivity contribution is 5.70. The third kappa shape index (κ3) is 2.09. The molecule has 19 heavy (non-hydrogen) atoms. The maximum absolute atomic E-state index is 13.1. The molecule has 0 radical (unpaired) electrons. The molecule has 0 fully saturated rings. The summed E-state index contributed by atoms with van der Waals surface area (Å²) in [6.45, 7) is 8.72. The first-order valence-corrected chi connectivity index (χ1v) is 5.34. The van der Waals surface area contributed by atoms with Gasteiger partial charge in [-0.25, -0.2) is 9.24 Å². The second kappa shape index (κ2) is 4.75. The van der Waals surface area contributed by atoms with Crippen molar-refractivity contribution in [3.8, 4) is 6.07 Å². The molecule has 2 N–H and O–H groups in total. The highest BCUT2D eigenvalue weighted by Gasteiger charge is 2.20. The van der Waals surface area contributed by atoms with E-state index in [9.17, 15) is 4.39 Å². The second-order valence-electron chi connectivity index (χ2n) is 3.86. The van der Waals surface area contributed by atoms with Gasteiger partial charge in [0, 0.05) is 6.20 Å². The quantitative estimate of drug-likeness (QED) is 0.833. The van der Waals surface area contributed by atoms with E-state index in [1.165, 1.54) is 16.9 Å². The number of anilines is 1. The van der Waals surface area contributed by atoms with Crippen molar-refractivity contribution in [2.24, 2.45) is 0 Å². The fourth-order valence-electron chi connectivity index (χ4n) is 1.72. The van der Waals surface area contributed by atoms with Crippen LogP contribution in [0.4, 0.5) is 15.9 Å². The average Bonchev–Trinajstić information content (AvgIpc) is 2.74.